The number of likely N-dealkylation sites (N-methyl/N-ethyl adjacent to an activating group) is 1. The number of nitrogens with zero attached hydrogens (tertiary/aromatic N) is 1. The first kappa shape index (κ1) is 53.5. The number of allylic oxidation sites excluding steroid dienone is 8. The summed E-state index contributed by atoms with van der Waals surface area (Å²) in [4.78, 5) is 42.0. The second-order valence-electron chi connectivity index (χ2n) is 18.8. The molecule has 0 aliphatic heterocycles. The maximum absolute atomic E-state index is 13.5. The van der Waals surface area contributed by atoms with Gasteiger partial charge in [-0.3, -0.25) is 19.3 Å². The third-order valence-electron chi connectivity index (χ3n) is 12.5. The third kappa shape index (κ3) is 24.7. The highest BCUT2D eigenvalue weighted by atomic mass is 16.6. The maximum atomic E-state index is 13.5. The van der Waals surface area contributed by atoms with Crippen molar-refractivity contribution in [1.29, 1.82) is 0 Å². The average Bonchev–Trinajstić information content (AvgIpc) is 3.18. The van der Waals surface area contributed by atoms with Crippen LogP contribution >= 0.6 is 0 Å². The van der Waals surface area contributed by atoms with Crippen molar-refractivity contribution < 1.29 is 28.6 Å². The van der Waals surface area contributed by atoms with E-state index in [0.29, 0.717) is 44.9 Å². The normalized spacial score (nSPS) is 23.1. The van der Waals surface area contributed by atoms with Crippen LogP contribution in [0.25, 0.3) is 0 Å². The molecule has 2 saturated carbocycles. The predicted octanol–water partition coefficient (Wildman–Crippen LogP) is 14.4. The summed E-state index contributed by atoms with van der Waals surface area (Å²) in [7, 11) is 0. The SMILES string of the molecule is CCCCC/C=C\C/C=C\CCCCCCCC(=O)OC1(C)CC2CC(C)(OC(=O)CN(CC)CC)CC(OC(=O)CCCCCCC/C=C\C/C=C\CCCCC)(C2)C1. The van der Waals surface area contributed by atoms with Gasteiger partial charge < -0.3 is 14.2 Å². The number of hydrogen-bond donors (Lipinski definition) is 0. The van der Waals surface area contributed by atoms with Crippen LogP contribution in [-0.2, 0) is 28.6 Å². The highest BCUT2D eigenvalue weighted by molar-refractivity contribution is 5.72. The van der Waals surface area contributed by atoms with Gasteiger partial charge in [0.05, 0.1) is 6.54 Å². The Morgan fingerprint density at radius 3 is 1.30 bits per heavy atom. The zero-order valence-electron chi connectivity index (χ0n) is 39.7. The summed E-state index contributed by atoms with van der Waals surface area (Å²) < 4.78 is 19.0. The molecule has 0 aromatic heterocycles. The first-order valence-electron chi connectivity index (χ1n) is 25.0. The molecule has 2 aliphatic carbocycles. The van der Waals surface area contributed by atoms with E-state index in [1.165, 1.54) is 70.6 Å². The molecule has 60 heavy (non-hydrogen) atoms. The van der Waals surface area contributed by atoms with Crippen LogP contribution in [0.1, 0.15) is 228 Å². The van der Waals surface area contributed by atoms with E-state index in [1.54, 1.807) is 0 Å². The molecule has 0 radical (unpaired) electrons. The van der Waals surface area contributed by atoms with Crippen molar-refractivity contribution in [2.45, 2.75) is 245 Å². The fraction of sp³-hybridized carbons (Fsp3) is 0.792. The zero-order valence-corrected chi connectivity index (χ0v) is 39.7. The van der Waals surface area contributed by atoms with E-state index in [1.807, 2.05) is 27.7 Å². The van der Waals surface area contributed by atoms with Gasteiger partial charge in [0.2, 0.25) is 0 Å². The van der Waals surface area contributed by atoms with Crippen LogP contribution in [0.4, 0.5) is 0 Å². The smallest absolute Gasteiger partial charge is 0.320 e. The summed E-state index contributed by atoms with van der Waals surface area (Å²) in [5.41, 5.74) is -2.32. The van der Waals surface area contributed by atoms with Gasteiger partial charge in [0.1, 0.15) is 16.8 Å². The zero-order chi connectivity index (χ0) is 43.8. The van der Waals surface area contributed by atoms with Gasteiger partial charge in [-0.25, -0.2) is 0 Å². The molecule has 2 bridgehead atoms. The molecule has 2 aliphatic rings. The minimum absolute atomic E-state index is 0.107. The summed E-state index contributed by atoms with van der Waals surface area (Å²) in [5, 5.41) is 0. The number of fused-ring (bicyclic) bond motifs is 2. The minimum Gasteiger partial charge on any atom is -0.459 e. The lowest BCUT2D eigenvalue weighted by molar-refractivity contribution is -0.222. The Labute approximate surface area is 369 Å². The summed E-state index contributed by atoms with van der Waals surface area (Å²) in [6.45, 7) is 14.4. The van der Waals surface area contributed by atoms with E-state index < -0.39 is 16.8 Å². The van der Waals surface area contributed by atoms with Gasteiger partial charge in [-0.2, -0.15) is 0 Å². The van der Waals surface area contributed by atoms with Crippen molar-refractivity contribution in [2.75, 3.05) is 19.6 Å². The Hall–Kier alpha value is -2.67. The Bertz CT molecular complexity index is 1280. The van der Waals surface area contributed by atoms with Gasteiger partial charge in [-0.05, 0) is 129 Å². The van der Waals surface area contributed by atoms with Crippen molar-refractivity contribution in [3.05, 3.63) is 48.6 Å². The molecular formula is C53H91NO6. The monoisotopic (exact) mass is 838 g/mol. The number of unbranched alkanes of at least 4 members (excludes halogenated alkanes) is 16. The van der Waals surface area contributed by atoms with Crippen LogP contribution in [0.2, 0.25) is 0 Å². The van der Waals surface area contributed by atoms with Crippen LogP contribution in [-0.4, -0.2) is 59.2 Å². The number of ether oxygens (including phenoxy) is 3. The van der Waals surface area contributed by atoms with Gasteiger partial charge in [0.15, 0.2) is 0 Å². The van der Waals surface area contributed by atoms with Crippen molar-refractivity contribution in [2.24, 2.45) is 5.92 Å². The maximum Gasteiger partial charge on any atom is 0.320 e. The summed E-state index contributed by atoms with van der Waals surface area (Å²) in [6.07, 6.45) is 47.0. The second-order valence-corrected chi connectivity index (χ2v) is 18.8. The van der Waals surface area contributed by atoms with Crippen LogP contribution in [0, 0.1) is 5.92 Å². The van der Waals surface area contributed by atoms with Gasteiger partial charge >= 0.3 is 17.9 Å². The molecule has 2 rings (SSSR count). The molecule has 7 nitrogen and oxygen atoms in total. The molecule has 2 fully saturated rings. The van der Waals surface area contributed by atoms with Crippen molar-refractivity contribution in [1.82, 2.24) is 4.90 Å². The van der Waals surface area contributed by atoms with E-state index >= 15 is 0 Å². The molecule has 344 valence electrons. The number of rotatable bonds is 35. The Kier molecular flexibility index (Phi) is 28.6. The fourth-order valence-corrected chi connectivity index (χ4v) is 9.66. The molecule has 7 heteroatoms. The van der Waals surface area contributed by atoms with Crippen LogP contribution in [0.3, 0.4) is 0 Å². The van der Waals surface area contributed by atoms with E-state index in [4.69, 9.17) is 14.2 Å². The van der Waals surface area contributed by atoms with Crippen molar-refractivity contribution in [3.8, 4) is 0 Å². The van der Waals surface area contributed by atoms with Gasteiger partial charge in [0, 0.05) is 25.7 Å². The molecule has 0 saturated heterocycles. The highest BCUT2D eigenvalue weighted by Crippen LogP contribution is 2.54. The molecular weight excluding hydrogens is 747 g/mol. The molecule has 0 N–H and O–H groups in total. The van der Waals surface area contributed by atoms with Gasteiger partial charge in [-0.15, -0.1) is 0 Å². The third-order valence-corrected chi connectivity index (χ3v) is 12.5. The molecule has 4 atom stereocenters. The van der Waals surface area contributed by atoms with E-state index in [9.17, 15) is 14.4 Å². The lowest BCUT2D eigenvalue weighted by Gasteiger charge is -2.55. The summed E-state index contributed by atoms with van der Waals surface area (Å²) in [6, 6.07) is 0. The van der Waals surface area contributed by atoms with E-state index in [2.05, 4.69) is 67.4 Å². The Balaban J connectivity index is 1.84. The van der Waals surface area contributed by atoms with Crippen molar-refractivity contribution in [3.63, 3.8) is 0 Å². The number of esters is 3. The quantitative estimate of drug-likeness (QED) is 0.0272. The van der Waals surface area contributed by atoms with Crippen molar-refractivity contribution >= 4 is 17.9 Å². The fourth-order valence-electron chi connectivity index (χ4n) is 9.66. The lowest BCUT2D eigenvalue weighted by atomic mass is 9.59. The van der Waals surface area contributed by atoms with Crippen LogP contribution in [0.15, 0.2) is 48.6 Å². The first-order chi connectivity index (χ1) is 29.0. The molecule has 4 unspecified atom stereocenters. The molecule has 0 amide bonds. The largest absolute Gasteiger partial charge is 0.459 e. The summed E-state index contributed by atoms with van der Waals surface area (Å²) >= 11 is 0. The summed E-state index contributed by atoms with van der Waals surface area (Å²) in [5.74, 6) is -0.488. The standard InChI is InChI=1S/C53H91NO6/c1-7-11-13-15-17-19-21-23-25-27-29-31-33-35-37-39-48(55)58-51(5)41-47-42-52(6,59-50(57)44-54(9-3)10-4)46-53(43-47,45-51)60-49(56)40-38-36-34-32-30-28-26-24-22-20-18-16-14-12-8-2/h17-20,23-26,47H,7-16,21-22,27-46H2,1-6H3/b19-17-,20-18-,25-23-,26-24-. The first-order valence-corrected chi connectivity index (χ1v) is 25.0. The average molecular weight is 838 g/mol. The molecule has 0 aromatic rings. The van der Waals surface area contributed by atoms with E-state index in [0.717, 1.165) is 83.7 Å². The van der Waals surface area contributed by atoms with Gasteiger partial charge in [-0.1, -0.05) is 141 Å². The predicted molar refractivity (Wildman–Crippen MR) is 251 cm³/mol. The number of carbonyl (C=O) groups is 3. The van der Waals surface area contributed by atoms with Gasteiger partial charge in [0.25, 0.3) is 0 Å². The molecule has 0 spiro atoms. The highest BCUT2D eigenvalue weighted by Gasteiger charge is 2.58. The lowest BCUT2D eigenvalue weighted by Crippen LogP contribution is -2.60. The Morgan fingerprint density at radius 1 is 0.483 bits per heavy atom. The van der Waals surface area contributed by atoms with Crippen LogP contribution < -0.4 is 0 Å². The van der Waals surface area contributed by atoms with E-state index in [-0.39, 0.29) is 30.4 Å². The number of hydrogen-bond acceptors (Lipinski definition) is 7. The Morgan fingerprint density at radius 2 is 0.867 bits per heavy atom. The van der Waals surface area contributed by atoms with Crippen LogP contribution in [0.5, 0.6) is 0 Å². The minimum atomic E-state index is -0.839. The molecule has 0 aromatic carbocycles. The second kappa shape index (κ2) is 32.1. The number of carbonyl (C=O) groups excluding carboxylic acids is 3. The molecule has 0 heterocycles. The topological polar surface area (TPSA) is 82.1 Å².